The van der Waals surface area contributed by atoms with E-state index in [-0.39, 0.29) is 30.7 Å². The molecule has 0 bridgehead atoms. The Labute approximate surface area is 157 Å². The molecule has 0 aliphatic carbocycles. The topological polar surface area (TPSA) is 82.9 Å². The summed E-state index contributed by atoms with van der Waals surface area (Å²) in [6, 6.07) is 10.5. The van der Waals surface area contributed by atoms with E-state index in [0.29, 0.717) is 37.5 Å². The van der Waals surface area contributed by atoms with Gasteiger partial charge >= 0.3 is 6.03 Å². The Morgan fingerprint density at radius 3 is 2.30 bits per heavy atom. The lowest BCUT2D eigenvalue weighted by atomic mass is 10.1. The van der Waals surface area contributed by atoms with E-state index in [1.54, 1.807) is 34.1 Å². The van der Waals surface area contributed by atoms with E-state index < -0.39 is 0 Å². The van der Waals surface area contributed by atoms with Gasteiger partial charge in [-0.15, -0.1) is 0 Å². The van der Waals surface area contributed by atoms with Crippen molar-refractivity contribution in [2.45, 2.75) is 13.3 Å². The van der Waals surface area contributed by atoms with Gasteiger partial charge < -0.3 is 19.5 Å². The maximum atomic E-state index is 12.2. The quantitative estimate of drug-likeness (QED) is 0.820. The lowest BCUT2D eigenvalue weighted by molar-refractivity contribution is 0.0633. The van der Waals surface area contributed by atoms with Crippen LogP contribution in [0.5, 0.6) is 0 Å². The molecule has 27 heavy (non-hydrogen) atoms. The number of furan rings is 1. The predicted octanol–water partition coefficient (Wildman–Crippen LogP) is 2.33. The molecule has 1 saturated heterocycles. The number of hydrogen-bond donors (Lipinski definition) is 1. The summed E-state index contributed by atoms with van der Waals surface area (Å²) >= 11 is 0. The van der Waals surface area contributed by atoms with Crippen molar-refractivity contribution in [2.75, 3.05) is 32.7 Å². The molecule has 142 valence electrons. The zero-order valence-corrected chi connectivity index (χ0v) is 15.3. The molecular weight excluding hydrogens is 346 g/mol. The number of Topliss-reactive ketones (excluding diaryl/α,β-unsaturated/α-hetero) is 1. The molecule has 1 aliphatic heterocycles. The van der Waals surface area contributed by atoms with Crippen LogP contribution in [0.25, 0.3) is 0 Å². The highest BCUT2D eigenvalue weighted by atomic mass is 16.3. The summed E-state index contributed by atoms with van der Waals surface area (Å²) in [6.07, 6.45) is 1.72. The number of benzene rings is 1. The van der Waals surface area contributed by atoms with Crippen LogP contribution in [0.3, 0.4) is 0 Å². The molecule has 0 saturated carbocycles. The molecule has 3 rings (SSSR count). The largest absolute Gasteiger partial charge is 0.459 e. The Morgan fingerprint density at radius 1 is 1.00 bits per heavy atom. The second-order valence-corrected chi connectivity index (χ2v) is 6.53. The highest BCUT2D eigenvalue weighted by Crippen LogP contribution is 2.10. The number of nitrogens with zero attached hydrogens (tertiary/aromatic N) is 2. The van der Waals surface area contributed by atoms with E-state index in [4.69, 9.17) is 4.42 Å². The molecule has 1 aromatic carbocycles. The zero-order chi connectivity index (χ0) is 19.2. The number of nitrogens with one attached hydrogen (secondary N) is 1. The van der Waals surface area contributed by atoms with Gasteiger partial charge in [0.25, 0.3) is 5.91 Å². The van der Waals surface area contributed by atoms with E-state index in [9.17, 15) is 14.4 Å². The van der Waals surface area contributed by atoms with E-state index in [1.165, 1.54) is 6.26 Å². The molecule has 0 atom stereocenters. The van der Waals surface area contributed by atoms with Crippen LogP contribution in [0, 0.1) is 6.92 Å². The number of urea groups is 1. The minimum Gasteiger partial charge on any atom is -0.459 e. The van der Waals surface area contributed by atoms with E-state index >= 15 is 0 Å². The van der Waals surface area contributed by atoms with Crippen LogP contribution < -0.4 is 5.32 Å². The van der Waals surface area contributed by atoms with Crippen molar-refractivity contribution in [1.29, 1.82) is 0 Å². The van der Waals surface area contributed by atoms with Gasteiger partial charge in [-0.3, -0.25) is 9.59 Å². The number of aryl methyl sites for hydroxylation is 1. The molecule has 3 amide bonds. The van der Waals surface area contributed by atoms with Crippen LogP contribution in [0.1, 0.15) is 32.9 Å². The molecule has 1 N–H and O–H groups in total. The fourth-order valence-corrected chi connectivity index (χ4v) is 2.95. The van der Waals surface area contributed by atoms with Gasteiger partial charge in [0.15, 0.2) is 11.5 Å². The Morgan fingerprint density at radius 2 is 1.67 bits per heavy atom. The Kier molecular flexibility index (Phi) is 5.90. The first-order valence-electron chi connectivity index (χ1n) is 9.00. The fraction of sp³-hybridized carbons (Fsp3) is 0.350. The molecule has 1 aliphatic rings. The van der Waals surface area contributed by atoms with Gasteiger partial charge in [-0.1, -0.05) is 29.8 Å². The first-order valence-corrected chi connectivity index (χ1v) is 9.00. The van der Waals surface area contributed by atoms with Crippen LogP contribution in [0.4, 0.5) is 4.79 Å². The van der Waals surface area contributed by atoms with E-state index in [0.717, 1.165) is 5.56 Å². The molecule has 1 fully saturated rings. The molecule has 2 heterocycles. The number of rotatable bonds is 5. The summed E-state index contributed by atoms with van der Waals surface area (Å²) in [4.78, 5) is 39.9. The summed E-state index contributed by atoms with van der Waals surface area (Å²) < 4.78 is 5.13. The minimum absolute atomic E-state index is 0.00386. The van der Waals surface area contributed by atoms with Crippen molar-refractivity contribution in [3.63, 3.8) is 0 Å². The van der Waals surface area contributed by atoms with Crippen molar-refractivity contribution in [3.05, 3.63) is 59.5 Å². The van der Waals surface area contributed by atoms with Gasteiger partial charge in [-0.2, -0.15) is 0 Å². The Balaban J connectivity index is 1.40. The van der Waals surface area contributed by atoms with Gasteiger partial charge in [0.05, 0.1) is 6.26 Å². The average molecular weight is 369 g/mol. The van der Waals surface area contributed by atoms with E-state index in [2.05, 4.69) is 5.32 Å². The second-order valence-electron chi connectivity index (χ2n) is 6.53. The van der Waals surface area contributed by atoms with Crippen LogP contribution in [-0.4, -0.2) is 60.2 Å². The number of carbonyl (C=O) groups is 3. The lowest BCUT2D eigenvalue weighted by Crippen LogP contribution is -2.53. The summed E-state index contributed by atoms with van der Waals surface area (Å²) in [5.74, 6) is 0.149. The maximum absolute atomic E-state index is 12.2. The summed E-state index contributed by atoms with van der Waals surface area (Å²) in [5.41, 5.74) is 1.75. The smallest absolute Gasteiger partial charge is 0.317 e. The third-order valence-electron chi connectivity index (χ3n) is 4.59. The average Bonchev–Trinajstić information content (AvgIpc) is 3.22. The van der Waals surface area contributed by atoms with Crippen LogP contribution in [0.2, 0.25) is 0 Å². The first kappa shape index (κ1) is 18.7. The second kappa shape index (κ2) is 8.53. The molecular formula is C20H23N3O4. The molecule has 1 aromatic heterocycles. The monoisotopic (exact) mass is 369 g/mol. The number of carbonyl (C=O) groups excluding carboxylic acids is 3. The van der Waals surface area contributed by atoms with Crippen LogP contribution >= 0.6 is 0 Å². The summed E-state index contributed by atoms with van der Waals surface area (Å²) in [7, 11) is 0. The number of piperazine rings is 1. The Hall–Kier alpha value is -3.09. The molecule has 7 heteroatoms. The van der Waals surface area contributed by atoms with E-state index in [1.807, 2.05) is 19.1 Å². The molecule has 7 nitrogen and oxygen atoms in total. The molecule has 0 spiro atoms. The molecule has 0 radical (unpaired) electrons. The van der Waals surface area contributed by atoms with Gasteiger partial charge in [-0.25, -0.2) is 4.79 Å². The SMILES string of the molecule is Cc1ccc(C(=O)CCNC(=O)N2CCN(C(=O)c3ccco3)CC2)cc1. The predicted molar refractivity (Wildman–Crippen MR) is 99.7 cm³/mol. The van der Waals surface area contributed by atoms with Gasteiger partial charge in [0.2, 0.25) is 0 Å². The minimum atomic E-state index is -0.211. The number of amides is 3. The lowest BCUT2D eigenvalue weighted by Gasteiger charge is -2.34. The third-order valence-corrected chi connectivity index (χ3v) is 4.59. The van der Waals surface area contributed by atoms with Crippen molar-refractivity contribution < 1.29 is 18.8 Å². The molecule has 0 unspecified atom stereocenters. The van der Waals surface area contributed by atoms with Gasteiger partial charge in [-0.05, 0) is 19.1 Å². The van der Waals surface area contributed by atoms with Gasteiger partial charge in [0.1, 0.15) is 0 Å². The highest BCUT2D eigenvalue weighted by molar-refractivity contribution is 5.96. The molecule has 2 aromatic rings. The van der Waals surface area contributed by atoms with Crippen LogP contribution in [0.15, 0.2) is 47.1 Å². The van der Waals surface area contributed by atoms with Gasteiger partial charge in [0, 0.05) is 44.7 Å². The maximum Gasteiger partial charge on any atom is 0.317 e. The van der Waals surface area contributed by atoms with Crippen molar-refractivity contribution in [3.8, 4) is 0 Å². The fourth-order valence-electron chi connectivity index (χ4n) is 2.95. The van der Waals surface area contributed by atoms with Crippen molar-refractivity contribution in [1.82, 2.24) is 15.1 Å². The normalized spacial score (nSPS) is 14.1. The third kappa shape index (κ3) is 4.75. The van der Waals surface area contributed by atoms with Crippen LogP contribution in [-0.2, 0) is 0 Å². The highest BCUT2D eigenvalue weighted by Gasteiger charge is 2.25. The van der Waals surface area contributed by atoms with Crippen molar-refractivity contribution >= 4 is 17.7 Å². The number of hydrogen-bond acceptors (Lipinski definition) is 4. The van der Waals surface area contributed by atoms with Crippen molar-refractivity contribution in [2.24, 2.45) is 0 Å². The summed E-state index contributed by atoms with van der Waals surface area (Å²) in [5, 5.41) is 2.78. The number of ketones is 1. The zero-order valence-electron chi connectivity index (χ0n) is 15.3. The first-order chi connectivity index (χ1) is 13.0. The standard InChI is InChI=1S/C20H23N3O4/c1-15-4-6-16(7-5-15)17(24)8-9-21-20(26)23-12-10-22(11-13-23)19(25)18-3-2-14-27-18/h2-7,14H,8-13H2,1H3,(H,21,26). The summed E-state index contributed by atoms with van der Waals surface area (Å²) in [6.45, 7) is 4.06. The Bertz CT molecular complexity index is 791.